The molecule has 2 aromatic carbocycles. The Labute approximate surface area is 138 Å². The lowest BCUT2D eigenvalue weighted by molar-refractivity contribution is 0.412. The first-order chi connectivity index (χ1) is 9.55. The van der Waals surface area contributed by atoms with Gasteiger partial charge >= 0.3 is 0 Å². The lowest BCUT2D eigenvalue weighted by atomic mass is 10.2. The molecular formula is C14H9Br2ClN2O. The maximum atomic E-state index is 8.86. The molecule has 3 nitrogen and oxygen atoms in total. The largest absolute Gasteiger partial charge is 0.495 e. The van der Waals surface area contributed by atoms with Gasteiger partial charge in [-0.05, 0) is 56.1 Å². The van der Waals surface area contributed by atoms with Crippen molar-refractivity contribution in [1.29, 1.82) is 5.26 Å². The van der Waals surface area contributed by atoms with Crippen molar-refractivity contribution in [3.8, 4) is 11.8 Å². The predicted octanol–water partition coefficient (Wildman–Crippen LogP) is 5.49. The average Bonchev–Trinajstić information content (AvgIpc) is 2.42. The minimum atomic E-state index is 0.415. The molecule has 0 saturated heterocycles. The summed E-state index contributed by atoms with van der Waals surface area (Å²) in [5.74, 6) is 0.718. The van der Waals surface area contributed by atoms with Gasteiger partial charge in [0.15, 0.2) is 0 Å². The normalized spacial score (nSPS) is 9.95. The Bertz CT molecular complexity index is 698. The van der Waals surface area contributed by atoms with Crippen LogP contribution in [0.2, 0.25) is 5.02 Å². The van der Waals surface area contributed by atoms with Crippen LogP contribution >= 0.6 is 43.5 Å². The zero-order chi connectivity index (χ0) is 14.7. The molecule has 0 amide bonds. The van der Waals surface area contributed by atoms with Gasteiger partial charge in [0.05, 0.1) is 27.9 Å². The highest BCUT2D eigenvalue weighted by atomic mass is 79.9. The van der Waals surface area contributed by atoms with Crippen molar-refractivity contribution >= 4 is 54.8 Å². The Morgan fingerprint density at radius 2 is 1.95 bits per heavy atom. The van der Waals surface area contributed by atoms with E-state index in [9.17, 15) is 0 Å². The second-order valence-electron chi connectivity index (χ2n) is 3.90. The highest BCUT2D eigenvalue weighted by molar-refractivity contribution is 9.11. The summed E-state index contributed by atoms with van der Waals surface area (Å²) in [6, 6.07) is 11.0. The predicted molar refractivity (Wildman–Crippen MR) is 87.8 cm³/mol. The van der Waals surface area contributed by atoms with Crippen LogP contribution in [0.3, 0.4) is 0 Å². The van der Waals surface area contributed by atoms with Gasteiger partial charge in [-0.2, -0.15) is 5.26 Å². The molecule has 6 heteroatoms. The van der Waals surface area contributed by atoms with E-state index in [1.807, 2.05) is 18.2 Å². The summed E-state index contributed by atoms with van der Waals surface area (Å²) in [5.41, 5.74) is 2.08. The number of ether oxygens (including phenoxy) is 1. The van der Waals surface area contributed by atoms with Gasteiger partial charge in [-0.25, -0.2) is 0 Å². The zero-order valence-corrected chi connectivity index (χ0v) is 14.3. The number of hydrogen-bond acceptors (Lipinski definition) is 3. The van der Waals surface area contributed by atoms with Crippen molar-refractivity contribution in [2.75, 3.05) is 12.4 Å². The molecule has 0 radical (unpaired) electrons. The van der Waals surface area contributed by atoms with Gasteiger partial charge < -0.3 is 10.1 Å². The maximum absolute atomic E-state index is 8.86. The number of benzene rings is 2. The smallest absolute Gasteiger partial charge is 0.135 e. The Morgan fingerprint density at radius 1 is 1.20 bits per heavy atom. The molecule has 2 rings (SSSR count). The van der Waals surface area contributed by atoms with Gasteiger partial charge in [0.2, 0.25) is 0 Å². The van der Waals surface area contributed by atoms with Crippen molar-refractivity contribution < 1.29 is 4.74 Å². The number of hydrogen-bond donors (Lipinski definition) is 1. The minimum Gasteiger partial charge on any atom is -0.495 e. The van der Waals surface area contributed by atoms with Crippen LogP contribution in [0, 0.1) is 11.3 Å². The molecule has 0 aliphatic rings. The third kappa shape index (κ3) is 3.26. The van der Waals surface area contributed by atoms with Gasteiger partial charge in [0.1, 0.15) is 11.8 Å². The quantitative estimate of drug-likeness (QED) is 0.720. The van der Waals surface area contributed by atoms with Crippen LogP contribution in [0.15, 0.2) is 39.3 Å². The first kappa shape index (κ1) is 15.2. The number of halogens is 3. The van der Waals surface area contributed by atoms with Crippen LogP contribution in [0.5, 0.6) is 5.75 Å². The van der Waals surface area contributed by atoms with Crippen LogP contribution < -0.4 is 10.1 Å². The van der Waals surface area contributed by atoms with E-state index in [1.165, 1.54) is 0 Å². The lowest BCUT2D eigenvalue weighted by Gasteiger charge is -2.12. The third-order valence-electron chi connectivity index (χ3n) is 2.61. The van der Waals surface area contributed by atoms with E-state index in [4.69, 9.17) is 21.6 Å². The first-order valence-electron chi connectivity index (χ1n) is 5.55. The van der Waals surface area contributed by atoms with E-state index in [0.717, 1.165) is 26.1 Å². The summed E-state index contributed by atoms with van der Waals surface area (Å²) >= 11 is 12.9. The molecule has 0 heterocycles. The van der Waals surface area contributed by atoms with E-state index >= 15 is 0 Å². The maximum Gasteiger partial charge on any atom is 0.135 e. The molecule has 102 valence electrons. The molecule has 0 fully saturated rings. The fraction of sp³-hybridized carbons (Fsp3) is 0.0714. The summed E-state index contributed by atoms with van der Waals surface area (Å²) < 4.78 is 7.00. The molecule has 0 bridgehead atoms. The van der Waals surface area contributed by atoms with Gasteiger partial charge in [0.25, 0.3) is 0 Å². The minimum absolute atomic E-state index is 0.415. The van der Waals surface area contributed by atoms with Gasteiger partial charge in [-0.1, -0.05) is 11.6 Å². The van der Waals surface area contributed by atoms with Crippen molar-refractivity contribution in [3.63, 3.8) is 0 Å². The molecule has 0 unspecified atom stereocenters. The molecule has 0 aliphatic carbocycles. The Morgan fingerprint density at radius 3 is 2.55 bits per heavy atom. The summed E-state index contributed by atoms with van der Waals surface area (Å²) in [6.07, 6.45) is 0. The number of anilines is 2. The number of methoxy groups -OCH3 is 1. The van der Waals surface area contributed by atoms with Crippen molar-refractivity contribution in [2.45, 2.75) is 0 Å². The summed E-state index contributed by atoms with van der Waals surface area (Å²) in [4.78, 5) is 0. The van der Waals surface area contributed by atoms with Crippen LogP contribution in [-0.4, -0.2) is 7.11 Å². The SMILES string of the molecule is COc1cc(Nc2ccc(C#N)c(Cl)c2)c(Br)cc1Br. The fourth-order valence-corrected chi connectivity index (χ4v) is 3.10. The number of nitriles is 1. The molecule has 0 saturated carbocycles. The second kappa shape index (κ2) is 6.49. The second-order valence-corrected chi connectivity index (χ2v) is 6.01. The monoisotopic (exact) mass is 414 g/mol. The lowest BCUT2D eigenvalue weighted by Crippen LogP contribution is -1.94. The highest BCUT2D eigenvalue weighted by Gasteiger charge is 2.08. The number of nitrogens with zero attached hydrogens (tertiary/aromatic N) is 1. The topological polar surface area (TPSA) is 45.0 Å². The van der Waals surface area contributed by atoms with E-state index in [0.29, 0.717) is 10.6 Å². The third-order valence-corrected chi connectivity index (χ3v) is 4.20. The molecule has 0 spiro atoms. The van der Waals surface area contributed by atoms with Gasteiger partial charge in [-0.15, -0.1) is 0 Å². The number of nitrogens with one attached hydrogen (secondary N) is 1. The molecule has 0 aromatic heterocycles. The van der Waals surface area contributed by atoms with E-state index in [2.05, 4.69) is 37.2 Å². The van der Waals surface area contributed by atoms with Crippen molar-refractivity contribution in [2.24, 2.45) is 0 Å². The standard InChI is InChI=1S/C14H9Br2ClN2O/c1-20-14-6-13(10(15)5-11(14)16)19-9-3-2-8(7-18)12(17)4-9/h2-6,19H,1H3. The van der Waals surface area contributed by atoms with Crippen molar-refractivity contribution in [3.05, 3.63) is 49.9 Å². The Kier molecular flexibility index (Phi) is 4.92. The molecule has 2 aromatic rings. The van der Waals surface area contributed by atoms with Crippen LogP contribution in [-0.2, 0) is 0 Å². The van der Waals surface area contributed by atoms with Crippen LogP contribution in [0.4, 0.5) is 11.4 Å². The van der Waals surface area contributed by atoms with Crippen LogP contribution in [0.25, 0.3) is 0 Å². The van der Waals surface area contributed by atoms with Gasteiger partial charge in [0, 0.05) is 16.2 Å². The molecule has 0 atom stereocenters. The molecule has 0 aliphatic heterocycles. The van der Waals surface area contributed by atoms with E-state index < -0.39 is 0 Å². The summed E-state index contributed by atoms with van der Waals surface area (Å²) in [7, 11) is 1.61. The van der Waals surface area contributed by atoms with Crippen LogP contribution in [0.1, 0.15) is 5.56 Å². The van der Waals surface area contributed by atoms with E-state index in [1.54, 1.807) is 25.3 Å². The highest BCUT2D eigenvalue weighted by Crippen LogP contribution is 2.36. The zero-order valence-electron chi connectivity index (χ0n) is 10.4. The summed E-state index contributed by atoms with van der Waals surface area (Å²) in [6.45, 7) is 0. The first-order valence-corrected chi connectivity index (χ1v) is 7.51. The fourth-order valence-electron chi connectivity index (χ4n) is 1.62. The number of rotatable bonds is 3. The Hall–Kier alpha value is -1.22. The van der Waals surface area contributed by atoms with Gasteiger partial charge in [-0.3, -0.25) is 0 Å². The average molecular weight is 416 g/mol. The van der Waals surface area contributed by atoms with E-state index in [-0.39, 0.29) is 0 Å². The molecule has 1 N–H and O–H groups in total. The summed E-state index contributed by atoms with van der Waals surface area (Å²) in [5, 5.41) is 12.5. The Balaban J connectivity index is 2.35. The molecular weight excluding hydrogens is 407 g/mol. The van der Waals surface area contributed by atoms with Crippen molar-refractivity contribution in [1.82, 2.24) is 0 Å². The molecule has 20 heavy (non-hydrogen) atoms.